The fraction of sp³-hybridized carbons (Fsp3) is 0.308. The van der Waals surface area contributed by atoms with E-state index in [1.807, 2.05) is 18.2 Å². The number of fused-ring (bicyclic) bond motifs is 1. The van der Waals surface area contributed by atoms with Crippen LogP contribution in [0, 0.1) is 0 Å². The van der Waals surface area contributed by atoms with E-state index in [9.17, 15) is 4.79 Å². The average Bonchev–Trinajstić information content (AvgIpc) is 3.45. The van der Waals surface area contributed by atoms with Gasteiger partial charge < -0.3 is 20.1 Å². The number of benzene rings is 2. The first kappa shape index (κ1) is 23.4. The second-order valence-corrected chi connectivity index (χ2v) is 9.03. The second kappa shape index (κ2) is 10.9. The van der Waals surface area contributed by atoms with Gasteiger partial charge in [-0.05, 0) is 42.3 Å². The van der Waals surface area contributed by atoms with Gasteiger partial charge in [-0.2, -0.15) is 5.10 Å². The minimum absolute atomic E-state index is 0.169. The predicted octanol–water partition coefficient (Wildman–Crippen LogP) is 4.16. The van der Waals surface area contributed by atoms with E-state index in [-0.39, 0.29) is 5.91 Å². The number of aromatic amines is 1. The molecule has 5 rings (SSSR count). The molecule has 8 nitrogen and oxygen atoms in total. The quantitative estimate of drug-likeness (QED) is 0.306. The van der Waals surface area contributed by atoms with Gasteiger partial charge in [0.05, 0.1) is 31.1 Å². The van der Waals surface area contributed by atoms with Gasteiger partial charge in [-0.25, -0.2) is 0 Å². The summed E-state index contributed by atoms with van der Waals surface area (Å²) in [5.74, 6) is 1.41. The molecule has 0 bridgehead atoms. The number of morpholine rings is 1. The molecule has 182 valence electrons. The van der Waals surface area contributed by atoms with Crippen molar-refractivity contribution in [3.05, 3.63) is 76.6 Å². The standard InChI is InChI=1S/C26H28ClN5O3/c27-19-4-7-24-22(15-19)23(26(33)29-24)17-28-25-16-20(30-31-25)14-18-2-5-21(6-3-18)35-11-1-8-32-9-12-34-13-10-32/h2-7,15-17H,1,8-14H2,(H,29,33)(H2,28,30,31). The molecule has 1 aromatic heterocycles. The van der Waals surface area contributed by atoms with Crippen LogP contribution < -0.4 is 15.4 Å². The molecule has 1 amide bonds. The van der Waals surface area contributed by atoms with E-state index in [0.717, 1.165) is 67.5 Å². The number of carbonyl (C=O) groups is 1. The maximum atomic E-state index is 12.3. The van der Waals surface area contributed by atoms with Gasteiger partial charge in [0.25, 0.3) is 5.91 Å². The lowest BCUT2D eigenvalue weighted by Crippen LogP contribution is -2.37. The van der Waals surface area contributed by atoms with Gasteiger partial charge in [0.2, 0.25) is 0 Å². The zero-order chi connectivity index (χ0) is 24.0. The van der Waals surface area contributed by atoms with Crippen LogP contribution in [0.25, 0.3) is 5.57 Å². The van der Waals surface area contributed by atoms with E-state index in [0.29, 0.717) is 29.4 Å². The van der Waals surface area contributed by atoms with Crippen LogP contribution in [0.15, 0.2) is 54.7 Å². The highest BCUT2D eigenvalue weighted by atomic mass is 35.5. The number of ether oxygens (including phenoxy) is 2. The molecule has 0 spiro atoms. The van der Waals surface area contributed by atoms with Crippen LogP contribution in [-0.4, -0.2) is 60.5 Å². The van der Waals surface area contributed by atoms with Crippen molar-refractivity contribution in [3.63, 3.8) is 0 Å². The van der Waals surface area contributed by atoms with E-state index in [1.54, 1.807) is 24.4 Å². The molecule has 3 heterocycles. The number of anilines is 2. The van der Waals surface area contributed by atoms with E-state index < -0.39 is 0 Å². The highest BCUT2D eigenvalue weighted by Crippen LogP contribution is 2.33. The fourth-order valence-corrected chi connectivity index (χ4v) is 4.37. The molecule has 0 radical (unpaired) electrons. The Balaban J connectivity index is 1.11. The van der Waals surface area contributed by atoms with Crippen LogP contribution in [0.5, 0.6) is 5.75 Å². The Bertz CT molecular complexity index is 1200. The zero-order valence-electron chi connectivity index (χ0n) is 19.4. The van der Waals surface area contributed by atoms with Crippen molar-refractivity contribution >= 4 is 34.6 Å². The van der Waals surface area contributed by atoms with Crippen LogP contribution in [0.1, 0.15) is 23.2 Å². The number of nitrogens with one attached hydrogen (secondary N) is 3. The van der Waals surface area contributed by atoms with Crippen molar-refractivity contribution in [2.45, 2.75) is 12.8 Å². The van der Waals surface area contributed by atoms with Crippen molar-refractivity contribution in [1.29, 1.82) is 0 Å². The summed E-state index contributed by atoms with van der Waals surface area (Å²) in [6.45, 7) is 5.42. The van der Waals surface area contributed by atoms with Crippen molar-refractivity contribution in [2.24, 2.45) is 0 Å². The van der Waals surface area contributed by atoms with Crippen molar-refractivity contribution < 1.29 is 14.3 Å². The molecular weight excluding hydrogens is 466 g/mol. The van der Waals surface area contributed by atoms with Crippen molar-refractivity contribution in [2.75, 3.05) is 50.1 Å². The SMILES string of the molecule is O=C1Nc2ccc(Cl)cc2C1=CNc1cc(Cc2ccc(OCCCN3CCOCC3)cc2)n[nH]1. The predicted molar refractivity (Wildman–Crippen MR) is 137 cm³/mol. The van der Waals surface area contributed by atoms with Gasteiger partial charge in [0.1, 0.15) is 11.6 Å². The third kappa shape index (κ3) is 6.03. The molecule has 1 fully saturated rings. The molecule has 2 aromatic carbocycles. The van der Waals surface area contributed by atoms with E-state index in [4.69, 9.17) is 21.1 Å². The lowest BCUT2D eigenvalue weighted by atomic mass is 10.1. The topological polar surface area (TPSA) is 91.5 Å². The van der Waals surface area contributed by atoms with Gasteiger partial charge in [0, 0.05) is 54.6 Å². The largest absolute Gasteiger partial charge is 0.494 e. The summed E-state index contributed by atoms with van der Waals surface area (Å²) in [6, 6.07) is 15.4. The lowest BCUT2D eigenvalue weighted by Gasteiger charge is -2.26. The first-order valence-electron chi connectivity index (χ1n) is 11.8. The number of hydrogen-bond acceptors (Lipinski definition) is 6. The number of nitrogens with zero attached hydrogens (tertiary/aromatic N) is 2. The van der Waals surface area contributed by atoms with Gasteiger partial charge in [-0.15, -0.1) is 0 Å². The average molecular weight is 494 g/mol. The summed E-state index contributed by atoms with van der Waals surface area (Å²) in [7, 11) is 0. The summed E-state index contributed by atoms with van der Waals surface area (Å²) in [5, 5.41) is 13.9. The number of amides is 1. The number of rotatable bonds is 9. The Morgan fingerprint density at radius 3 is 2.80 bits per heavy atom. The van der Waals surface area contributed by atoms with Crippen LogP contribution in [0.3, 0.4) is 0 Å². The Morgan fingerprint density at radius 1 is 1.14 bits per heavy atom. The molecule has 0 unspecified atom stereocenters. The third-order valence-electron chi connectivity index (χ3n) is 6.07. The molecule has 35 heavy (non-hydrogen) atoms. The van der Waals surface area contributed by atoms with E-state index >= 15 is 0 Å². The summed E-state index contributed by atoms with van der Waals surface area (Å²) in [6.07, 6.45) is 3.35. The highest BCUT2D eigenvalue weighted by Gasteiger charge is 2.24. The maximum Gasteiger partial charge on any atom is 0.257 e. The number of H-pyrrole nitrogens is 1. The van der Waals surface area contributed by atoms with Gasteiger partial charge >= 0.3 is 0 Å². The smallest absolute Gasteiger partial charge is 0.257 e. The molecule has 2 aliphatic heterocycles. The molecule has 0 saturated carbocycles. The van der Waals surface area contributed by atoms with E-state index in [2.05, 4.69) is 37.9 Å². The Labute approximate surface area is 209 Å². The van der Waals surface area contributed by atoms with Crippen LogP contribution in [0.2, 0.25) is 5.02 Å². The molecule has 9 heteroatoms. The second-order valence-electron chi connectivity index (χ2n) is 8.60. The molecule has 3 aromatic rings. The Kier molecular flexibility index (Phi) is 7.32. The first-order valence-corrected chi connectivity index (χ1v) is 12.2. The molecule has 2 aliphatic rings. The summed E-state index contributed by atoms with van der Waals surface area (Å²) in [5.41, 5.74) is 4.09. The summed E-state index contributed by atoms with van der Waals surface area (Å²) >= 11 is 6.09. The van der Waals surface area contributed by atoms with Crippen molar-refractivity contribution in [3.8, 4) is 5.75 Å². The fourth-order valence-electron chi connectivity index (χ4n) is 4.20. The van der Waals surface area contributed by atoms with Gasteiger partial charge in [0.15, 0.2) is 0 Å². The monoisotopic (exact) mass is 493 g/mol. The Hall–Kier alpha value is -3.33. The van der Waals surface area contributed by atoms with Gasteiger partial charge in [-0.1, -0.05) is 23.7 Å². The Morgan fingerprint density at radius 2 is 1.97 bits per heavy atom. The number of aromatic nitrogens is 2. The van der Waals surface area contributed by atoms with Crippen LogP contribution in [0.4, 0.5) is 11.5 Å². The summed E-state index contributed by atoms with van der Waals surface area (Å²) < 4.78 is 11.3. The molecule has 0 aliphatic carbocycles. The maximum absolute atomic E-state index is 12.3. The number of hydrogen-bond donors (Lipinski definition) is 3. The first-order chi connectivity index (χ1) is 17.1. The minimum atomic E-state index is -0.169. The molecule has 0 atom stereocenters. The third-order valence-corrected chi connectivity index (χ3v) is 6.30. The summed E-state index contributed by atoms with van der Waals surface area (Å²) in [4.78, 5) is 14.7. The number of halogens is 1. The normalized spacial score (nSPS) is 16.8. The van der Waals surface area contributed by atoms with Crippen LogP contribution in [-0.2, 0) is 16.0 Å². The zero-order valence-corrected chi connectivity index (χ0v) is 20.1. The highest BCUT2D eigenvalue weighted by molar-refractivity contribution is 6.34. The molecule has 1 saturated heterocycles. The lowest BCUT2D eigenvalue weighted by molar-refractivity contribution is -0.110. The van der Waals surface area contributed by atoms with Crippen LogP contribution >= 0.6 is 11.6 Å². The minimum Gasteiger partial charge on any atom is -0.494 e. The van der Waals surface area contributed by atoms with E-state index in [1.165, 1.54) is 0 Å². The molecular formula is C26H28ClN5O3. The molecule has 3 N–H and O–H groups in total. The van der Waals surface area contributed by atoms with Gasteiger partial charge in [-0.3, -0.25) is 14.8 Å². The number of carbonyl (C=O) groups excluding carboxylic acids is 1. The van der Waals surface area contributed by atoms with Crippen molar-refractivity contribution in [1.82, 2.24) is 15.1 Å².